The van der Waals surface area contributed by atoms with E-state index in [1.807, 2.05) is 25.2 Å². The summed E-state index contributed by atoms with van der Waals surface area (Å²) in [6, 6.07) is 5.68. The number of rotatable bonds is 2. The summed E-state index contributed by atoms with van der Waals surface area (Å²) in [5.74, 6) is 0. The molecule has 0 unspecified atom stereocenters. The van der Waals surface area contributed by atoms with Gasteiger partial charge in [-0.15, -0.1) is 0 Å². The van der Waals surface area contributed by atoms with E-state index in [1.165, 1.54) is 0 Å². The molecule has 0 aromatic heterocycles. The fourth-order valence-corrected chi connectivity index (χ4v) is 1.51. The molecule has 0 spiro atoms. The van der Waals surface area contributed by atoms with Gasteiger partial charge >= 0.3 is 0 Å². The highest BCUT2D eigenvalue weighted by Crippen LogP contribution is 2.28. The molecule has 1 aromatic rings. The zero-order valence-electron chi connectivity index (χ0n) is 6.82. The van der Waals surface area contributed by atoms with Gasteiger partial charge in [-0.3, -0.25) is 0 Å². The monoisotopic (exact) mass is 194 g/mol. The molecule has 1 rings (SSSR count). The summed E-state index contributed by atoms with van der Waals surface area (Å²) in [5.41, 5.74) is 1.89. The average Bonchev–Trinajstić information content (AvgIpc) is 2.03. The van der Waals surface area contributed by atoms with E-state index < -0.39 is 0 Å². The summed E-state index contributed by atoms with van der Waals surface area (Å²) >= 11 is 5.95. The van der Waals surface area contributed by atoms with Crippen LogP contribution < -0.4 is 5.32 Å². The van der Waals surface area contributed by atoms with Gasteiger partial charge in [0.15, 0.2) is 0 Å². The van der Waals surface area contributed by atoms with Crippen molar-refractivity contribution in [1.29, 1.82) is 0 Å². The molecule has 0 aliphatic rings. The number of nitrogens with one attached hydrogen (secondary N) is 1. The molecule has 0 heterocycles. The van der Waals surface area contributed by atoms with Gasteiger partial charge in [-0.1, -0.05) is 35.5 Å². The topological polar surface area (TPSA) is 12.0 Å². The van der Waals surface area contributed by atoms with E-state index >= 15 is 0 Å². The Morgan fingerprint density at radius 2 is 2.25 bits per heavy atom. The third-order valence-electron chi connectivity index (χ3n) is 1.59. The van der Waals surface area contributed by atoms with Crippen LogP contribution in [0.5, 0.6) is 0 Å². The molecule has 1 aromatic carbocycles. The molecule has 0 saturated heterocycles. The predicted octanol–water partition coefficient (Wildman–Crippen LogP) is 2.52. The molecule has 3 heteroatoms. The van der Waals surface area contributed by atoms with Crippen LogP contribution in [0, 0.1) is 0 Å². The van der Waals surface area contributed by atoms with Crippen LogP contribution in [0.1, 0.15) is 5.56 Å². The van der Waals surface area contributed by atoms with Crippen molar-refractivity contribution in [3.8, 4) is 0 Å². The summed E-state index contributed by atoms with van der Waals surface area (Å²) < 4.78 is 0. The molecule has 0 aliphatic heterocycles. The lowest BCUT2D eigenvalue weighted by Crippen LogP contribution is -1.95. The quantitative estimate of drug-likeness (QED) is 0.714. The Bertz CT molecular complexity index is 309. The Hall–Kier alpha value is -0.733. The SMILES string of the molecule is C=C([Si])c1cccc(Cl)c1NC. The first-order valence-electron chi connectivity index (χ1n) is 3.54. The Morgan fingerprint density at radius 1 is 1.58 bits per heavy atom. The van der Waals surface area contributed by atoms with Gasteiger partial charge in [0.25, 0.3) is 0 Å². The lowest BCUT2D eigenvalue weighted by molar-refractivity contribution is 1.49. The Balaban J connectivity index is 3.27. The maximum atomic E-state index is 5.95. The summed E-state index contributed by atoms with van der Waals surface area (Å²) in [6.07, 6.45) is 0. The van der Waals surface area contributed by atoms with Gasteiger partial charge < -0.3 is 5.32 Å². The van der Waals surface area contributed by atoms with E-state index in [9.17, 15) is 0 Å². The van der Waals surface area contributed by atoms with Crippen molar-refractivity contribution in [2.75, 3.05) is 12.4 Å². The Labute approximate surface area is 80.9 Å². The standard InChI is InChI=1S/C9H9ClNSi/c1-6(12)7-4-3-5-8(10)9(7)11-2/h3-5,11H,1H2,2H3. The minimum absolute atomic E-state index is 0.703. The first-order chi connectivity index (χ1) is 5.66. The van der Waals surface area contributed by atoms with Gasteiger partial charge in [0.1, 0.15) is 0 Å². The lowest BCUT2D eigenvalue weighted by atomic mass is 10.2. The zero-order valence-corrected chi connectivity index (χ0v) is 8.57. The predicted molar refractivity (Wildman–Crippen MR) is 55.8 cm³/mol. The Morgan fingerprint density at radius 3 is 2.67 bits per heavy atom. The minimum Gasteiger partial charge on any atom is -0.386 e. The molecule has 0 amide bonds. The highest BCUT2D eigenvalue weighted by Gasteiger charge is 2.04. The first-order valence-corrected chi connectivity index (χ1v) is 4.41. The second-order valence-electron chi connectivity index (χ2n) is 2.39. The number of para-hydroxylation sites is 1. The second kappa shape index (κ2) is 3.78. The molecular formula is C9H9ClNSi. The van der Waals surface area contributed by atoms with Gasteiger partial charge in [0, 0.05) is 7.05 Å². The Kier molecular flexibility index (Phi) is 2.95. The van der Waals surface area contributed by atoms with Crippen LogP contribution >= 0.6 is 11.6 Å². The van der Waals surface area contributed by atoms with Crippen LogP contribution in [-0.4, -0.2) is 17.3 Å². The van der Waals surface area contributed by atoms with Crippen LogP contribution in [0.2, 0.25) is 5.02 Å². The largest absolute Gasteiger partial charge is 0.386 e. The molecule has 3 radical (unpaired) electrons. The maximum Gasteiger partial charge on any atom is 0.0712 e. The zero-order chi connectivity index (χ0) is 9.14. The number of hydrogen-bond acceptors (Lipinski definition) is 1. The first kappa shape index (κ1) is 9.36. The van der Waals surface area contributed by atoms with Crippen molar-refractivity contribution in [3.63, 3.8) is 0 Å². The fourth-order valence-electron chi connectivity index (χ4n) is 1.03. The highest BCUT2D eigenvalue weighted by atomic mass is 35.5. The average molecular weight is 195 g/mol. The minimum atomic E-state index is 0.703. The van der Waals surface area contributed by atoms with Crippen molar-refractivity contribution in [2.24, 2.45) is 0 Å². The smallest absolute Gasteiger partial charge is 0.0712 e. The van der Waals surface area contributed by atoms with Crippen molar-refractivity contribution in [3.05, 3.63) is 35.4 Å². The van der Waals surface area contributed by atoms with E-state index in [4.69, 9.17) is 11.6 Å². The second-order valence-corrected chi connectivity index (χ2v) is 3.40. The number of benzene rings is 1. The molecule has 0 atom stereocenters. The molecule has 0 saturated carbocycles. The van der Waals surface area contributed by atoms with Crippen LogP contribution in [0.25, 0.3) is 5.20 Å². The van der Waals surface area contributed by atoms with E-state index in [0.29, 0.717) is 5.02 Å². The molecule has 0 aliphatic carbocycles. The van der Waals surface area contributed by atoms with E-state index in [-0.39, 0.29) is 0 Å². The van der Waals surface area contributed by atoms with E-state index in [0.717, 1.165) is 16.4 Å². The maximum absolute atomic E-state index is 5.95. The van der Waals surface area contributed by atoms with Crippen LogP contribution in [0.15, 0.2) is 24.8 Å². The van der Waals surface area contributed by atoms with Gasteiger partial charge in [-0.2, -0.15) is 0 Å². The van der Waals surface area contributed by atoms with Crippen molar-refractivity contribution < 1.29 is 0 Å². The number of halogens is 1. The summed E-state index contributed by atoms with van der Waals surface area (Å²) in [5, 5.41) is 4.55. The van der Waals surface area contributed by atoms with E-state index in [2.05, 4.69) is 22.1 Å². The summed E-state index contributed by atoms with van der Waals surface area (Å²) in [4.78, 5) is 0. The van der Waals surface area contributed by atoms with Crippen LogP contribution in [-0.2, 0) is 0 Å². The normalized spacial score (nSPS) is 9.58. The molecule has 0 fully saturated rings. The molecule has 1 nitrogen and oxygen atoms in total. The molecule has 1 N–H and O–H groups in total. The summed E-state index contributed by atoms with van der Waals surface area (Å²) in [6.45, 7) is 3.79. The van der Waals surface area contributed by atoms with Crippen LogP contribution in [0.4, 0.5) is 5.69 Å². The summed E-state index contributed by atoms with van der Waals surface area (Å²) in [7, 11) is 5.20. The number of anilines is 1. The van der Waals surface area contributed by atoms with Gasteiger partial charge in [-0.25, -0.2) is 0 Å². The van der Waals surface area contributed by atoms with Gasteiger partial charge in [0.05, 0.1) is 21.0 Å². The fraction of sp³-hybridized carbons (Fsp3) is 0.111. The molecule has 12 heavy (non-hydrogen) atoms. The van der Waals surface area contributed by atoms with Crippen molar-refractivity contribution >= 4 is 32.7 Å². The van der Waals surface area contributed by atoms with Crippen molar-refractivity contribution in [1.82, 2.24) is 0 Å². The van der Waals surface area contributed by atoms with E-state index in [1.54, 1.807) is 0 Å². The van der Waals surface area contributed by atoms with Crippen LogP contribution in [0.3, 0.4) is 0 Å². The third kappa shape index (κ3) is 1.71. The molecular weight excluding hydrogens is 186 g/mol. The van der Waals surface area contributed by atoms with Crippen molar-refractivity contribution in [2.45, 2.75) is 0 Å². The highest BCUT2D eigenvalue weighted by molar-refractivity contribution is 6.43. The van der Waals surface area contributed by atoms with Gasteiger partial charge in [0.2, 0.25) is 0 Å². The number of hydrogen-bond donors (Lipinski definition) is 1. The molecule has 61 valence electrons. The lowest BCUT2D eigenvalue weighted by Gasteiger charge is -2.09. The third-order valence-corrected chi connectivity index (χ3v) is 2.17. The van der Waals surface area contributed by atoms with Gasteiger partial charge in [-0.05, 0) is 11.6 Å². The molecule has 0 bridgehead atoms.